The molecule has 0 bridgehead atoms. The van der Waals surface area contributed by atoms with E-state index in [2.05, 4.69) is 4.98 Å². The van der Waals surface area contributed by atoms with Gasteiger partial charge in [0.2, 0.25) is 0 Å². The summed E-state index contributed by atoms with van der Waals surface area (Å²) >= 11 is 5.86. The van der Waals surface area contributed by atoms with Crippen molar-refractivity contribution in [2.75, 3.05) is 0 Å². The Morgan fingerprint density at radius 1 is 1.43 bits per heavy atom. The van der Waals surface area contributed by atoms with Gasteiger partial charge in [-0.2, -0.15) is 0 Å². The number of fused-ring (bicyclic) bond motifs is 1. The van der Waals surface area contributed by atoms with Gasteiger partial charge in [-0.1, -0.05) is 11.6 Å². The molecule has 2 nitrogen and oxygen atoms in total. The molecule has 2 aromatic rings. The fraction of sp³-hybridized carbons (Fsp3) is 0.300. The number of hydrogen-bond acceptors (Lipinski definition) is 1. The Morgan fingerprint density at radius 2 is 2.14 bits per heavy atom. The highest BCUT2D eigenvalue weighted by Gasteiger charge is 2.09. The molecule has 1 aromatic heterocycles. The van der Waals surface area contributed by atoms with E-state index in [9.17, 15) is 4.39 Å². The zero-order chi connectivity index (χ0) is 10.3. The summed E-state index contributed by atoms with van der Waals surface area (Å²) in [5.74, 6) is -0.329. The largest absolute Gasteiger partial charge is 0.328 e. The molecule has 0 amide bonds. The second-order valence-electron chi connectivity index (χ2n) is 3.50. The lowest BCUT2D eigenvalue weighted by Gasteiger charge is -2.07. The summed E-state index contributed by atoms with van der Waals surface area (Å²) < 4.78 is 15.0. The molecular formula is C10H10ClFN2. The van der Waals surface area contributed by atoms with Crippen LogP contribution in [-0.2, 0) is 0 Å². The lowest BCUT2D eigenvalue weighted by molar-refractivity contribution is 0.609. The van der Waals surface area contributed by atoms with Gasteiger partial charge in [0.25, 0.3) is 0 Å². The number of imidazole rings is 1. The van der Waals surface area contributed by atoms with Gasteiger partial charge >= 0.3 is 0 Å². The smallest absolute Gasteiger partial charge is 0.126 e. The van der Waals surface area contributed by atoms with Crippen LogP contribution in [0, 0.1) is 5.82 Å². The predicted octanol–water partition coefficient (Wildman–Crippen LogP) is 3.41. The molecule has 0 atom stereocenters. The van der Waals surface area contributed by atoms with Crippen molar-refractivity contribution in [3.63, 3.8) is 0 Å². The molecule has 14 heavy (non-hydrogen) atoms. The molecule has 0 fully saturated rings. The van der Waals surface area contributed by atoms with Gasteiger partial charge in [-0.3, -0.25) is 0 Å². The number of benzene rings is 1. The summed E-state index contributed by atoms with van der Waals surface area (Å²) in [4.78, 5) is 4.14. The maximum atomic E-state index is 13.1. The molecule has 1 aromatic carbocycles. The fourth-order valence-corrected chi connectivity index (χ4v) is 1.72. The SMILES string of the molecule is CC(C)n1cnc2c(Cl)cc(F)cc21. The number of rotatable bonds is 1. The monoisotopic (exact) mass is 212 g/mol. The molecule has 0 radical (unpaired) electrons. The first-order valence-electron chi connectivity index (χ1n) is 4.41. The number of aromatic nitrogens is 2. The van der Waals surface area contributed by atoms with E-state index >= 15 is 0 Å². The Hall–Kier alpha value is -1.09. The second kappa shape index (κ2) is 3.24. The molecule has 1 heterocycles. The van der Waals surface area contributed by atoms with E-state index in [-0.39, 0.29) is 11.9 Å². The van der Waals surface area contributed by atoms with Gasteiger partial charge in [-0.15, -0.1) is 0 Å². The molecule has 0 N–H and O–H groups in total. The Morgan fingerprint density at radius 3 is 2.79 bits per heavy atom. The van der Waals surface area contributed by atoms with Crippen LogP contribution in [0.25, 0.3) is 11.0 Å². The van der Waals surface area contributed by atoms with E-state index in [4.69, 9.17) is 11.6 Å². The molecule has 0 unspecified atom stereocenters. The Kier molecular flexibility index (Phi) is 2.19. The summed E-state index contributed by atoms with van der Waals surface area (Å²) in [6.07, 6.45) is 1.68. The van der Waals surface area contributed by atoms with Crippen LogP contribution in [0.5, 0.6) is 0 Å². The van der Waals surface area contributed by atoms with Crippen LogP contribution in [0.15, 0.2) is 18.5 Å². The molecule has 0 saturated carbocycles. The van der Waals surface area contributed by atoms with Crippen LogP contribution < -0.4 is 0 Å². The maximum absolute atomic E-state index is 13.1. The van der Waals surface area contributed by atoms with Crippen molar-refractivity contribution in [2.24, 2.45) is 0 Å². The van der Waals surface area contributed by atoms with Gasteiger partial charge in [0.15, 0.2) is 0 Å². The lowest BCUT2D eigenvalue weighted by Crippen LogP contribution is -1.98. The standard InChI is InChI=1S/C10H10ClFN2/c1-6(2)14-5-13-10-8(11)3-7(12)4-9(10)14/h3-6H,1-2H3. The first kappa shape index (κ1) is 9.46. The number of hydrogen-bond donors (Lipinski definition) is 0. The zero-order valence-corrected chi connectivity index (χ0v) is 8.72. The van der Waals surface area contributed by atoms with E-state index in [0.717, 1.165) is 5.52 Å². The molecule has 74 valence electrons. The van der Waals surface area contributed by atoms with Crippen LogP contribution in [0.2, 0.25) is 5.02 Å². The average Bonchev–Trinajstić information content (AvgIpc) is 2.47. The Balaban J connectivity index is 2.78. The minimum absolute atomic E-state index is 0.248. The molecule has 0 aliphatic carbocycles. The molecule has 0 aliphatic rings. The van der Waals surface area contributed by atoms with Crippen molar-refractivity contribution in [3.05, 3.63) is 29.3 Å². The van der Waals surface area contributed by atoms with Gasteiger partial charge < -0.3 is 4.57 Å². The van der Waals surface area contributed by atoms with E-state index in [1.54, 1.807) is 6.33 Å². The second-order valence-corrected chi connectivity index (χ2v) is 3.91. The van der Waals surface area contributed by atoms with Crippen LogP contribution in [0.1, 0.15) is 19.9 Å². The Bertz CT molecular complexity index is 476. The summed E-state index contributed by atoms with van der Waals surface area (Å²) in [5, 5.41) is 0.361. The molecule has 4 heteroatoms. The third kappa shape index (κ3) is 1.38. The lowest BCUT2D eigenvalue weighted by atomic mass is 10.3. The first-order valence-corrected chi connectivity index (χ1v) is 4.79. The first-order chi connectivity index (χ1) is 6.59. The molecular weight excluding hydrogens is 203 g/mol. The molecule has 0 aliphatic heterocycles. The summed E-state index contributed by atoms with van der Waals surface area (Å²) in [7, 11) is 0. The highest BCUT2D eigenvalue weighted by molar-refractivity contribution is 6.34. The average molecular weight is 213 g/mol. The molecule has 2 rings (SSSR count). The molecule has 0 spiro atoms. The van der Waals surface area contributed by atoms with Crippen molar-refractivity contribution in [2.45, 2.75) is 19.9 Å². The van der Waals surface area contributed by atoms with Gasteiger partial charge in [0, 0.05) is 6.04 Å². The zero-order valence-electron chi connectivity index (χ0n) is 7.96. The predicted molar refractivity (Wildman–Crippen MR) is 55.1 cm³/mol. The van der Waals surface area contributed by atoms with Gasteiger partial charge in [-0.05, 0) is 26.0 Å². The summed E-state index contributed by atoms with van der Waals surface area (Å²) in [5.41, 5.74) is 1.40. The normalized spacial score (nSPS) is 11.5. The third-order valence-corrected chi connectivity index (χ3v) is 2.44. The van der Waals surface area contributed by atoms with Crippen LogP contribution in [-0.4, -0.2) is 9.55 Å². The van der Waals surface area contributed by atoms with Crippen molar-refractivity contribution in [3.8, 4) is 0 Å². The number of halogens is 2. The van der Waals surface area contributed by atoms with Gasteiger partial charge in [0.1, 0.15) is 11.3 Å². The van der Waals surface area contributed by atoms with E-state index in [1.807, 2.05) is 18.4 Å². The van der Waals surface area contributed by atoms with Crippen molar-refractivity contribution >= 4 is 22.6 Å². The van der Waals surface area contributed by atoms with Crippen LogP contribution >= 0.6 is 11.6 Å². The van der Waals surface area contributed by atoms with Crippen molar-refractivity contribution in [1.29, 1.82) is 0 Å². The van der Waals surface area contributed by atoms with E-state index < -0.39 is 0 Å². The van der Waals surface area contributed by atoms with E-state index in [0.29, 0.717) is 10.5 Å². The van der Waals surface area contributed by atoms with Gasteiger partial charge in [0.05, 0.1) is 16.9 Å². The maximum Gasteiger partial charge on any atom is 0.126 e. The van der Waals surface area contributed by atoms with Crippen molar-refractivity contribution < 1.29 is 4.39 Å². The third-order valence-electron chi connectivity index (χ3n) is 2.15. The van der Waals surface area contributed by atoms with Crippen LogP contribution in [0.4, 0.5) is 4.39 Å². The topological polar surface area (TPSA) is 17.8 Å². The van der Waals surface area contributed by atoms with Gasteiger partial charge in [-0.25, -0.2) is 9.37 Å². The molecule has 0 saturated heterocycles. The highest BCUT2D eigenvalue weighted by atomic mass is 35.5. The fourth-order valence-electron chi connectivity index (χ4n) is 1.47. The minimum Gasteiger partial charge on any atom is -0.328 e. The quantitative estimate of drug-likeness (QED) is 0.709. The Labute approximate surface area is 86.3 Å². The summed E-state index contributed by atoms with van der Waals surface area (Å²) in [6.45, 7) is 4.03. The van der Waals surface area contributed by atoms with Crippen molar-refractivity contribution in [1.82, 2.24) is 9.55 Å². The minimum atomic E-state index is -0.329. The summed E-state index contributed by atoms with van der Waals surface area (Å²) in [6, 6.07) is 2.98. The van der Waals surface area contributed by atoms with E-state index in [1.165, 1.54) is 12.1 Å². The highest BCUT2D eigenvalue weighted by Crippen LogP contribution is 2.25. The van der Waals surface area contributed by atoms with Crippen LogP contribution in [0.3, 0.4) is 0 Å². The number of nitrogens with zero attached hydrogens (tertiary/aromatic N) is 2.